The van der Waals surface area contributed by atoms with Crippen molar-refractivity contribution in [2.75, 3.05) is 0 Å². The number of aromatic nitrogens is 3. The van der Waals surface area contributed by atoms with Crippen LogP contribution in [0, 0.1) is 0 Å². The molecule has 0 aliphatic heterocycles. The molecule has 9 nitrogen and oxygen atoms in total. The van der Waals surface area contributed by atoms with E-state index in [1.807, 2.05) is 6.07 Å². The Bertz CT molecular complexity index is 1500. The van der Waals surface area contributed by atoms with Crippen LogP contribution in [-0.2, 0) is 19.8 Å². The van der Waals surface area contributed by atoms with Crippen LogP contribution in [0.5, 0.6) is 5.75 Å². The van der Waals surface area contributed by atoms with Crippen molar-refractivity contribution in [2.45, 2.75) is 19.6 Å². The average molecular weight is 543 g/mol. The number of pyridine rings is 1. The molecule has 196 valence electrons. The van der Waals surface area contributed by atoms with E-state index >= 15 is 0 Å². The number of nitrogens with zero attached hydrogens (tertiary/aromatic N) is 4. The number of hydrazone groups is 1. The lowest BCUT2D eigenvalue weighted by Crippen LogP contribution is -2.22. The summed E-state index contributed by atoms with van der Waals surface area (Å²) in [6, 6.07) is 12.7. The summed E-state index contributed by atoms with van der Waals surface area (Å²) in [7, 11) is 1.52. The third kappa shape index (κ3) is 5.89. The molecule has 0 radical (unpaired) electrons. The Morgan fingerprint density at radius 1 is 1.05 bits per heavy atom. The highest BCUT2D eigenvalue weighted by Crippen LogP contribution is 2.35. The zero-order valence-electron chi connectivity index (χ0n) is 20.1. The van der Waals surface area contributed by atoms with Crippen LogP contribution in [-0.4, -0.2) is 37.4 Å². The Kier molecular flexibility index (Phi) is 7.57. The van der Waals surface area contributed by atoms with E-state index in [0.29, 0.717) is 16.1 Å². The van der Waals surface area contributed by atoms with Crippen molar-refractivity contribution in [3.05, 3.63) is 87.5 Å². The summed E-state index contributed by atoms with van der Waals surface area (Å²) < 4.78 is 39.9. The number of aryl methyl sites for hydroxylation is 1. The molecule has 0 bridgehead atoms. The average Bonchev–Trinajstić information content (AvgIpc) is 3.50. The topological polar surface area (TPSA) is 122 Å². The van der Waals surface area contributed by atoms with Gasteiger partial charge in [-0.05, 0) is 43.3 Å². The predicted molar refractivity (Wildman–Crippen MR) is 135 cm³/mol. The maximum atomic E-state index is 12.9. The van der Waals surface area contributed by atoms with Crippen LogP contribution in [0.15, 0.2) is 65.9 Å². The fourth-order valence-electron chi connectivity index (χ4n) is 3.48. The number of carbonyl (C=O) groups excluding carboxylic acids is 2. The van der Waals surface area contributed by atoms with Gasteiger partial charge in [0.15, 0.2) is 11.4 Å². The minimum Gasteiger partial charge on any atom is -0.504 e. The number of amides is 2. The predicted octanol–water partition coefficient (Wildman–Crippen LogP) is 4.35. The van der Waals surface area contributed by atoms with Gasteiger partial charge in [-0.2, -0.15) is 23.4 Å². The number of benzene rings is 1. The van der Waals surface area contributed by atoms with Gasteiger partial charge >= 0.3 is 6.18 Å². The molecular formula is C25H21F3N6O3S. The smallest absolute Gasteiger partial charge is 0.416 e. The molecule has 2 amide bonds. The Balaban J connectivity index is 1.43. The second-order valence-corrected chi connectivity index (χ2v) is 9.13. The number of halogens is 3. The first-order chi connectivity index (χ1) is 18.0. The van der Waals surface area contributed by atoms with Crippen molar-refractivity contribution in [1.29, 1.82) is 0 Å². The SMILES string of the molecule is C/C(=N/NC(=O)c1ccc(C(=O)NCc2ccccn2)s1)c1nn(C)c(-c2ccc(C(F)(F)F)cc2)c1O. The summed E-state index contributed by atoms with van der Waals surface area (Å²) >= 11 is 0.979. The van der Waals surface area contributed by atoms with Crippen molar-refractivity contribution >= 4 is 28.9 Å². The summed E-state index contributed by atoms with van der Waals surface area (Å²) in [6.45, 7) is 1.74. The zero-order chi connectivity index (χ0) is 27.4. The number of alkyl halides is 3. The quantitative estimate of drug-likeness (QED) is 0.237. The zero-order valence-corrected chi connectivity index (χ0v) is 20.9. The van der Waals surface area contributed by atoms with E-state index in [1.54, 1.807) is 18.3 Å². The summed E-state index contributed by atoms with van der Waals surface area (Å²) in [6.07, 6.45) is -2.86. The molecule has 0 aliphatic carbocycles. The van der Waals surface area contributed by atoms with Gasteiger partial charge in [-0.3, -0.25) is 19.3 Å². The number of hydrogen-bond acceptors (Lipinski definition) is 7. The molecule has 0 fully saturated rings. The molecule has 3 N–H and O–H groups in total. The van der Waals surface area contributed by atoms with Gasteiger partial charge in [0.1, 0.15) is 5.69 Å². The van der Waals surface area contributed by atoms with Crippen molar-refractivity contribution in [1.82, 2.24) is 25.5 Å². The van der Waals surface area contributed by atoms with Crippen LogP contribution >= 0.6 is 11.3 Å². The summed E-state index contributed by atoms with van der Waals surface area (Å²) in [5.41, 5.74) is 2.96. The largest absolute Gasteiger partial charge is 0.504 e. The van der Waals surface area contributed by atoms with Gasteiger partial charge in [-0.15, -0.1) is 11.3 Å². The first kappa shape index (κ1) is 26.5. The van der Waals surface area contributed by atoms with Gasteiger partial charge < -0.3 is 10.4 Å². The lowest BCUT2D eigenvalue weighted by molar-refractivity contribution is -0.137. The van der Waals surface area contributed by atoms with E-state index in [4.69, 9.17) is 0 Å². The van der Waals surface area contributed by atoms with Crippen molar-refractivity contribution in [2.24, 2.45) is 12.1 Å². The summed E-state index contributed by atoms with van der Waals surface area (Å²) in [5.74, 6) is -1.23. The molecule has 38 heavy (non-hydrogen) atoms. The van der Waals surface area contributed by atoms with Gasteiger partial charge in [0.25, 0.3) is 11.8 Å². The van der Waals surface area contributed by atoms with Gasteiger partial charge in [-0.25, -0.2) is 5.43 Å². The first-order valence-corrected chi connectivity index (χ1v) is 11.9. The molecule has 0 saturated heterocycles. The van der Waals surface area contributed by atoms with Crippen LogP contribution in [0.3, 0.4) is 0 Å². The molecule has 4 aromatic rings. The minimum atomic E-state index is -4.48. The summed E-state index contributed by atoms with van der Waals surface area (Å²) in [4.78, 5) is 29.6. The van der Waals surface area contributed by atoms with E-state index in [9.17, 15) is 27.9 Å². The fourth-order valence-corrected chi connectivity index (χ4v) is 4.29. The first-order valence-electron chi connectivity index (χ1n) is 11.1. The Morgan fingerprint density at radius 3 is 2.37 bits per heavy atom. The van der Waals surface area contributed by atoms with Crippen LogP contribution in [0.2, 0.25) is 0 Å². The van der Waals surface area contributed by atoms with Gasteiger partial charge in [0.05, 0.1) is 33.3 Å². The number of nitrogens with one attached hydrogen (secondary N) is 2. The highest BCUT2D eigenvalue weighted by atomic mass is 32.1. The fraction of sp³-hybridized carbons (Fsp3) is 0.160. The Hall–Kier alpha value is -4.52. The molecule has 0 aliphatic rings. The molecule has 0 unspecified atom stereocenters. The Morgan fingerprint density at radius 2 is 1.74 bits per heavy atom. The van der Waals surface area contributed by atoms with Crippen molar-refractivity contribution < 1.29 is 27.9 Å². The molecule has 0 atom stereocenters. The Labute approximate surface area is 218 Å². The molecule has 13 heteroatoms. The summed E-state index contributed by atoms with van der Waals surface area (Å²) in [5, 5.41) is 21.6. The highest BCUT2D eigenvalue weighted by Gasteiger charge is 2.30. The second-order valence-electron chi connectivity index (χ2n) is 8.05. The third-order valence-corrected chi connectivity index (χ3v) is 6.47. The lowest BCUT2D eigenvalue weighted by Gasteiger charge is -2.08. The van der Waals surface area contributed by atoms with Crippen LogP contribution in [0.25, 0.3) is 11.3 Å². The van der Waals surface area contributed by atoms with Crippen LogP contribution in [0.4, 0.5) is 13.2 Å². The van der Waals surface area contributed by atoms with Crippen molar-refractivity contribution in [3.63, 3.8) is 0 Å². The van der Waals surface area contributed by atoms with Gasteiger partial charge in [0, 0.05) is 18.8 Å². The lowest BCUT2D eigenvalue weighted by atomic mass is 10.1. The number of hydrogen-bond donors (Lipinski definition) is 3. The van der Waals surface area contributed by atoms with E-state index < -0.39 is 17.6 Å². The van der Waals surface area contributed by atoms with Crippen LogP contribution in [0.1, 0.15) is 43.2 Å². The minimum absolute atomic E-state index is 0.0449. The van der Waals surface area contributed by atoms with E-state index in [-0.39, 0.29) is 40.2 Å². The molecule has 3 aromatic heterocycles. The monoisotopic (exact) mass is 542 g/mol. The number of rotatable bonds is 7. The van der Waals surface area contributed by atoms with E-state index in [0.717, 1.165) is 23.5 Å². The molecule has 4 rings (SSSR count). The van der Waals surface area contributed by atoms with E-state index in [2.05, 4.69) is 25.9 Å². The number of carbonyl (C=O) groups is 2. The molecule has 3 heterocycles. The molecule has 0 saturated carbocycles. The standard InChI is InChI=1S/C25H21F3N6O3S/c1-14(20-22(35)21(34(2)33-20)15-6-8-16(9-7-15)25(26,27)28)31-32-24(37)19-11-10-18(38-19)23(36)30-13-17-5-3-4-12-29-17/h3-12,35H,13H2,1-2H3,(H,30,36)(H,32,37)/b31-14-. The maximum absolute atomic E-state index is 12.9. The highest BCUT2D eigenvalue weighted by molar-refractivity contribution is 7.15. The molecular weight excluding hydrogens is 521 g/mol. The van der Waals surface area contributed by atoms with Crippen LogP contribution < -0.4 is 10.7 Å². The third-order valence-electron chi connectivity index (χ3n) is 5.39. The second kappa shape index (κ2) is 10.8. The molecule has 1 aromatic carbocycles. The van der Waals surface area contributed by atoms with Gasteiger partial charge in [0.2, 0.25) is 0 Å². The maximum Gasteiger partial charge on any atom is 0.416 e. The number of thiophene rings is 1. The normalized spacial score (nSPS) is 11.9. The van der Waals surface area contributed by atoms with E-state index in [1.165, 1.54) is 42.9 Å². The van der Waals surface area contributed by atoms with Crippen molar-refractivity contribution in [3.8, 4) is 17.0 Å². The molecule has 0 spiro atoms. The number of aromatic hydroxyl groups is 1. The van der Waals surface area contributed by atoms with Gasteiger partial charge in [-0.1, -0.05) is 18.2 Å².